The fourth-order valence-corrected chi connectivity index (χ4v) is 6.00. The number of aryl methyl sites for hydroxylation is 2. The highest BCUT2D eigenvalue weighted by atomic mass is 35.5. The van der Waals surface area contributed by atoms with Gasteiger partial charge in [-0.05, 0) is 76.3 Å². The maximum absolute atomic E-state index is 13.1. The zero-order valence-corrected chi connectivity index (χ0v) is 26.8. The van der Waals surface area contributed by atoms with Crippen LogP contribution in [0, 0.1) is 0 Å². The standard InChI is InChI=1S/C37H34ClN5O3/c1-41(2)30-15-8-24(9-16-30)21-40-36(45)25-10-12-27(13-11-25)37(46,34-22-39-23-42(34)3)28-14-17-33-32(19-28)31(20-35(44)43(33)4)26-6-5-7-29(38)18-26/h5-20,22-23,46H,21H2,1-4H3,(H,40,45). The molecule has 0 spiro atoms. The van der Waals surface area contributed by atoms with Crippen molar-refractivity contribution in [3.05, 3.63) is 153 Å². The molecule has 0 radical (unpaired) electrons. The number of pyridine rings is 1. The van der Waals surface area contributed by atoms with Crippen LogP contribution in [0.2, 0.25) is 5.02 Å². The fraction of sp³-hybridized carbons (Fsp3) is 0.162. The van der Waals surface area contributed by atoms with Gasteiger partial charge in [0.25, 0.3) is 11.5 Å². The maximum atomic E-state index is 13.1. The first-order valence-corrected chi connectivity index (χ1v) is 15.2. The summed E-state index contributed by atoms with van der Waals surface area (Å²) < 4.78 is 3.35. The molecule has 2 heterocycles. The summed E-state index contributed by atoms with van der Waals surface area (Å²) in [6, 6.07) is 29.5. The van der Waals surface area contributed by atoms with Gasteiger partial charge in [0.2, 0.25) is 0 Å². The molecule has 0 fully saturated rings. The topological polar surface area (TPSA) is 92.4 Å². The Labute approximate surface area is 272 Å². The molecule has 232 valence electrons. The molecule has 0 saturated heterocycles. The van der Waals surface area contributed by atoms with Gasteiger partial charge in [-0.1, -0.05) is 54.1 Å². The highest BCUT2D eigenvalue weighted by Gasteiger charge is 2.37. The lowest BCUT2D eigenvalue weighted by Gasteiger charge is -2.30. The SMILES string of the molecule is CN(C)c1ccc(CNC(=O)c2ccc(C(O)(c3ccc4c(c3)c(-c3cccc(Cl)c3)cc(=O)n4C)c3cncn3C)cc2)cc1. The molecule has 6 rings (SSSR count). The molecule has 46 heavy (non-hydrogen) atoms. The van der Waals surface area contributed by atoms with Crippen molar-refractivity contribution in [3.8, 4) is 11.1 Å². The third-order valence-electron chi connectivity index (χ3n) is 8.46. The largest absolute Gasteiger partial charge is 0.378 e. The molecule has 0 aliphatic heterocycles. The molecule has 1 unspecified atom stereocenters. The van der Waals surface area contributed by atoms with Crippen molar-refractivity contribution in [1.82, 2.24) is 19.4 Å². The zero-order chi connectivity index (χ0) is 32.6. The number of carbonyl (C=O) groups is 1. The fourth-order valence-electron chi connectivity index (χ4n) is 5.81. The molecule has 9 heteroatoms. The first-order chi connectivity index (χ1) is 22.1. The summed E-state index contributed by atoms with van der Waals surface area (Å²) in [5.41, 5.74) is 4.64. The van der Waals surface area contributed by atoms with Gasteiger partial charge in [-0.3, -0.25) is 9.59 Å². The minimum atomic E-state index is -1.64. The van der Waals surface area contributed by atoms with Crippen LogP contribution in [0.4, 0.5) is 5.69 Å². The van der Waals surface area contributed by atoms with E-state index in [1.165, 1.54) is 0 Å². The van der Waals surface area contributed by atoms with Gasteiger partial charge in [-0.15, -0.1) is 0 Å². The lowest BCUT2D eigenvalue weighted by molar-refractivity contribution is 0.0949. The summed E-state index contributed by atoms with van der Waals surface area (Å²) in [4.78, 5) is 32.3. The predicted molar refractivity (Wildman–Crippen MR) is 183 cm³/mol. The smallest absolute Gasteiger partial charge is 0.251 e. The molecular formula is C37H34ClN5O3. The second-order valence-electron chi connectivity index (χ2n) is 11.6. The van der Waals surface area contributed by atoms with E-state index in [2.05, 4.69) is 10.3 Å². The van der Waals surface area contributed by atoms with Crippen molar-refractivity contribution in [2.75, 3.05) is 19.0 Å². The number of nitrogens with one attached hydrogen (secondary N) is 1. The van der Waals surface area contributed by atoms with Crippen LogP contribution in [0.5, 0.6) is 0 Å². The molecule has 0 aliphatic rings. The van der Waals surface area contributed by atoms with E-state index in [0.717, 1.165) is 22.2 Å². The summed E-state index contributed by atoms with van der Waals surface area (Å²) in [6.07, 6.45) is 3.26. The Hall–Kier alpha value is -5.18. The molecular weight excluding hydrogens is 598 g/mol. The van der Waals surface area contributed by atoms with E-state index < -0.39 is 5.60 Å². The van der Waals surface area contributed by atoms with Crippen molar-refractivity contribution >= 4 is 34.1 Å². The van der Waals surface area contributed by atoms with E-state index in [1.54, 1.807) is 65.1 Å². The van der Waals surface area contributed by atoms with Gasteiger partial charge < -0.3 is 24.5 Å². The van der Waals surface area contributed by atoms with Crippen molar-refractivity contribution in [1.29, 1.82) is 0 Å². The highest BCUT2D eigenvalue weighted by molar-refractivity contribution is 6.30. The summed E-state index contributed by atoms with van der Waals surface area (Å²) in [7, 11) is 7.51. The quantitative estimate of drug-likeness (QED) is 0.219. The molecule has 2 aromatic heterocycles. The Morgan fingerprint density at radius 3 is 2.30 bits per heavy atom. The number of rotatable bonds is 8. The number of aliphatic hydroxyl groups is 1. The van der Waals surface area contributed by atoms with Crippen LogP contribution in [0.25, 0.3) is 22.0 Å². The van der Waals surface area contributed by atoms with Crippen molar-refractivity contribution < 1.29 is 9.90 Å². The normalized spacial score (nSPS) is 12.6. The Morgan fingerprint density at radius 2 is 1.65 bits per heavy atom. The van der Waals surface area contributed by atoms with Crippen LogP contribution in [0.15, 0.2) is 114 Å². The second-order valence-corrected chi connectivity index (χ2v) is 12.1. The predicted octanol–water partition coefficient (Wildman–Crippen LogP) is 5.87. The maximum Gasteiger partial charge on any atom is 0.251 e. The van der Waals surface area contributed by atoms with Crippen LogP contribution in [-0.4, -0.2) is 39.2 Å². The van der Waals surface area contributed by atoms with Crippen LogP contribution >= 0.6 is 11.6 Å². The van der Waals surface area contributed by atoms with Gasteiger partial charge in [0.1, 0.15) is 0 Å². The lowest BCUT2D eigenvalue weighted by atomic mass is 9.82. The molecule has 0 saturated carbocycles. The van der Waals surface area contributed by atoms with E-state index in [9.17, 15) is 14.7 Å². The molecule has 0 aliphatic carbocycles. The summed E-state index contributed by atoms with van der Waals surface area (Å²) in [6.45, 7) is 0.391. The summed E-state index contributed by atoms with van der Waals surface area (Å²) in [5, 5.41) is 17.0. The molecule has 2 N–H and O–H groups in total. The van der Waals surface area contributed by atoms with E-state index in [1.807, 2.05) is 86.7 Å². The molecule has 0 bridgehead atoms. The molecule has 4 aromatic carbocycles. The zero-order valence-electron chi connectivity index (χ0n) is 26.0. The summed E-state index contributed by atoms with van der Waals surface area (Å²) in [5.74, 6) is -0.218. The number of amides is 1. The van der Waals surface area contributed by atoms with Crippen LogP contribution in [0.1, 0.15) is 32.7 Å². The van der Waals surface area contributed by atoms with E-state index >= 15 is 0 Å². The first kappa shape index (κ1) is 30.8. The number of imidazole rings is 1. The van der Waals surface area contributed by atoms with Crippen molar-refractivity contribution in [3.63, 3.8) is 0 Å². The van der Waals surface area contributed by atoms with Crippen molar-refractivity contribution in [2.45, 2.75) is 12.1 Å². The Bertz CT molecular complexity index is 2120. The Morgan fingerprint density at radius 1 is 0.935 bits per heavy atom. The number of anilines is 1. The Balaban J connectivity index is 1.39. The number of hydrogen-bond donors (Lipinski definition) is 2. The van der Waals surface area contributed by atoms with Crippen LogP contribution in [0.3, 0.4) is 0 Å². The van der Waals surface area contributed by atoms with Gasteiger partial charge in [0.15, 0.2) is 5.60 Å². The number of aromatic nitrogens is 3. The summed E-state index contributed by atoms with van der Waals surface area (Å²) >= 11 is 6.32. The monoisotopic (exact) mass is 631 g/mol. The molecule has 1 amide bonds. The van der Waals surface area contributed by atoms with Gasteiger partial charge in [0, 0.05) is 62.5 Å². The molecule has 8 nitrogen and oxygen atoms in total. The molecule has 6 aromatic rings. The minimum absolute atomic E-state index is 0.156. The Kier molecular flexibility index (Phi) is 8.25. The first-order valence-electron chi connectivity index (χ1n) is 14.8. The van der Waals surface area contributed by atoms with Gasteiger partial charge in [-0.2, -0.15) is 0 Å². The van der Waals surface area contributed by atoms with Crippen molar-refractivity contribution in [2.24, 2.45) is 14.1 Å². The minimum Gasteiger partial charge on any atom is -0.378 e. The highest BCUT2D eigenvalue weighted by Crippen LogP contribution is 2.39. The number of benzene rings is 4. The average molecular weight is 632 g/mol. The van der Waals surface area contributed by atoms with Crippen LogP contribution < -0.4 is 15.8 Å². The number of nitrogens with zero attached hydrogens (tertiary/aromatic N) is 4. The van der Waals surface area contributed by atoms with Gasteiger partial charge in [0.05, 0.1) is 23.7 Å². The van der Waals surface area contributed by atoms with E-state index in [-0.39, 0.29) is 11.5 Å². The second kappa shape index (κ2) is 12.3. The average Bonchev–Trinajstić information content (AvgIpc) is 3.51. The number of fused-ring (bicyclic) bond motifs is 1. The van der Waals surface area contributed by atoms with Crippen LogP contribution in [-0.2, 0) is 26.2 Å². The molecule has 1 atom stereocenters. The number of halogens is 1. The number of hydrogen-bond acceptors (Lipinski definition) is 5. The van der Waals surface area contributed by atoms with Gasteiger partial charge >= 0.3 is 0 Å². The third-order valence-corrected chi connectivity index (χ3v) is 8.69. The van der Waals surface area contributed by atoms with E-state index in [0.29, 0.717) is 45.0 Å². The third kappa shape index (κ3) is 5.69. The van der Waals surface area contributed by atoms with E-state index in [4.69, 9.17) is 11.6 Å². The van der Waals surface area contributed by atoms with Gasteiger partial charge in [-0.25, -0.2) is 4.98 Å². The lowest BCUT2D eigenvalue weighted by Crippen LogP contribution is -2.31. The number of carbonyl (C=O) groups excluding carboxylic acids is 1.